The van der Waals surface area contributed by atoms with Crippen LogP contribution in [0.2, 0.25) is 0 Å². The van der Waals surface area contributed by atoms with Gasteiger partial charge in [0.2, 0.25) is 0 Å². The Hall–Kier alpha value is -1.59. The standard InChI is InChI=1S/C13H13ClN2O2S.C3H8.C2H6/c1-9-3-5-11(6-4-9)19(17,18)16-8-10(2)12(7-14)13(16)15;1-3-2;1-2/h3-8,15H,1-2H3;3H2,1-2H3;1-2H3/b12-7+,15-13?;;. The Morgan fingerprint density at radius 2 is 1.58 bits per heavy atom. The van der Waals surface area contributed by atoms with Crippen LogP contribution < -0.4 is 0 Å². The largest absolute Gasteiger partial charge is 0.283 e. The first kappa shape index (κ1) is 22.4. The van der Waals surface area contributed by atoms with Crippen molar-refractivity contribution in [3.05, 3.63) is 52.7 Å². The molecule has 134 valence electrons. The van der Waals surface area contributed by atoms with Gasteiger partial charge in [-0.2, -0.15) is 0 Å². The molecule has 0 aromatic heterocycles. The molecule has 1 N–H and O–H groups in total. The molecule has 1 heterocycles. The highest BCUT2D eigenvalue weighted by atomic mass is 35.5. The summed E-state index contributed by atoms with van der Waals surface area (Å²) >= 11 is 5.61. The van der Waals surface area contributed by atoms with Crippen molar-refractivity contribution < 1.29 is 8.42 Å². The molecule has 1 aliphatic heterocycles. The van der Waals surface area contributed by atoms with E-state index in [-0.39, 0.29) is 10.7 Å². The topological polar surface area (TPSA) is 61.2 Å². The molecule has 0 saturated heterocycles. The molecule has 1 aromatic carbocycles. The van der Waals surface area contributed by atoms with Crippen molar-refractivity contribution in [3.63, 3.8) is 0 Å². The molecule has 1 aliphatic rings. The minimum Gasteiger partial charge on any atom is -0.283 e. The molecule has 4 nitrogen and oxygen atoms in total. The zero-order chi connectivity index (χ0) is 18.9. The van der Waals surface area contributed by atoms with Gasteiger partial charge >= 0.3 is 0 Å². The van der Waals surface area contributed by atoms with Gasteiger partial charge in [0.1, 0.15) is 5.84 Å². The molecule has 0 fully saturated rings. The molecular formula is C18H27ClN2O2S. The normalized spacial score (nSPS) is 15.3. The highest BCUT2D eigenvalue weighted by Gasteiger charge is 2.32. The number of hydrogen-bond donors (Lipinski definition) is 1. The fraction of sp³-hybridized carbons (Fsp3) is 0.389. The molecule has 0 radical (unpaired) electrons. The summed E-state index contributed by atoms with van der Waals surface area (Å²) in [4.78, 5) is 0.155. The van der Waals surface area contributed by atoms with Crippen LogP contribution in [0.15, 0.2) is 52.0 Å². The molecule has 0 spiro atoms. The average Bonchev–Trinajstić information content (AvgIpc) is 2.85. The van der Waals surface area contributed by atoms with E-state index in [9.17, 15) is 8.42 Å². The Morgan fingerprint density at radius 3 is 1.96 bits per heavy atom. The van der Waals surface area contributed by atoms with Crippen LogP contribution in [0.1, 0.15) is 46.6 Å². The maximum absolute atomic E-state index is 12.4. The number of nitrogens with zero attached hydrogens (tertiary/aromatic N) is 1. The average molecular weight is 371 g/mol. The van der Waals surface area contributed by atoms with E-state index in [4.69, 9.17) is 17.0 Å². The lowest BCUT2D eigenvalue weighted by molar-refractivity contribution is 0.564. The summed E-state index contributed by atoms with van der Waals surface area (Å²) < 4.78 is 25.8. The van der Waals surface area contributed by atoms with Crippen molar-refractivity contribution >= 4 is 27.5 Å². The summed E-state index contributed by atoms with van der Waals surface area (Å²) in [6.45, 7) is 11.8. The summed E-state index contributed by atoms with van der Waals surface area (Å²) in [7, 11) is -3.75. The number of hydrogen-bond acceptors (Lipinski definition) is 3. The second-order valence-electron chi connectivity index (χ2n) is 5.00. The third-order valence-electron chi connectivity index (χ3n) is 2.90. The van der Waals surface area contributed by atoms with Gasteiger partial charge in [0, 0.05) is 17.3 Å². The molecule has 0 amide bonds. The molecule has 6 heteroatoms. The van der Waals surface area contributed by atoms with Crippen LogP contribution in [0.4, 0.5) is 0 Å². The summed E-state index contributed by atoms with van der Waals surface area (Å²) in [5, 5.41) is 7.88. The van der Waals surface area contributed by atoms with Crippen LogP contribution >= 0.6 is 11.6 Å². The van der Waals surface area contributed by atoms with Crippen molar-refractivity contribution in [3.8, 4) is 0 Å². The van der Waals surface area contributed by atoms with E-state index in [2.05, 4.69) is 13.8 Å². The van der Waals surface area contributed by atoms with Gasteiger partial charge in [-0.1, -0.05) is 63.4 Å². The van der Waals surface area contributed by atoms with Gasteiger partial charge in [-0.3, -0.25) is 5.41 Å². The summed E-state index contributed by atoms with van der Waals surface area (Å²) in [6.07, 6.45) is 2.66. The smallest absolute Gasteiger partial charge is 0.269 e. The van der Waals surface area contributed by atoms with E-state index in [1.165, 1.54) is 30.3 Å². The minimum absolute atomic E-state index is 0.131. The number of amidine groups is 1. The second kappa shape index (κ2) is 10.3. The van der Waals surface area contributed by atoms with Crippen LogP contribution in [0.3, 0.4) is 0 Å². The zero-order valence-corrected chi connectivity index (χ0v) is 16.8. The fourth-order valence-electron chi connectivity index (χ4n) is 1.77. The molecule has 0 atom stereocenters. The number of benzene rings is 1. The number of nitrogens with one attached hydrogen (secondary N) is 1. The van der Waals surface area contributed by atoms with Crippen LogP contribution in [0.25, 0.3) is 0 Å². The SMILES string of the molecule is CC.CC1=CN(S(=O)(=O)c2ccc(C)cc2)C(=N)/C1=C/Cl.CCC. The lowest BCUT2D eigenvalue weighted by Gasteiger charge is -2.16. The Morgan fingerprint density at radius 1 is 1.12 bits per heavy atom. The molecule has 24 heavy (non-hydrogen) atoms. The van der Waals surface area contributed by atoms with Crippen LogP contribution in [0, 0.1) is 12.3 Å². The van der Waals surface area contributed by atoms with Crippen molar-refractivity contribution in [2.24, 2.45) is 0 Å². The van der Waals surface area contributed by atoms with E-state index >= 15 is 0 Å². The second-order valence-corrected chi connectivity index (χ2v) is 7.04. The zero-order valence-electron chi connectivity index (χ0n) is 15.2. The van der Waals surface area contributed by atoms with E-state index < -0.39 is 10.0 Å². The lowest BCUT2D eigenvalue weighted by Crippen LogP contribution is -2.29. The van der Waals surface area contributed by atoms with Crippen LogP contribution in [-0.4, -0.2) is 18.6 Å². The molecule has 2 rings (SSSR count). The molecule has 1 aromatic rings. The van der Waals surface area contributed by atoms with Gasteiger partial charge in [0.25, 0.3) is 10.0 Å². The van der Waals surface area contributed by atoms with Crippen molar-refractivity contribution in [2.45, 2.75) is 52.9 Å². The highest BCUT2D eigenvalue weighted by molar-refractivity contribution is 7.89. The van der Waals surface area contributed by atoms with Crippen molar-refractivity contribution in [2.75, 3.05) is 0 Å². The Kier molecular flexibility index (Phi) is 9.63. The maximum Gasteiger partial charge on any atom is 0.269 e. The third-order valence-corrected chi connectivity index (χ3v) is 4.79. The number of halogens is 1. The Bertz CT molecular complexity index is 705. The molecule has 0 unspecified atom stereocenters. The number of rotatable bonds is 2. The Labute approximate surface area is 151 Å². The monoisotopic (exact) mass is 370 g/mol. The van der Waals surface area contributed by atoms with Crippen LogP contribution in [-0.2, 0) is 10.0 Å². The van der Waals surface area contributed by atoms with Gasteiger partial charge in [0.15, 0.2) is 0 Å². The van der Waals surface area contributed by atoms with Crippen molar-refractivity contribution in [1.82, 2.24) is 4.31 Å². The first-order valence-corrected chi connectivity index (χ1v) is 9.86. The quantitative estimate of drug-likeness (QED) is 0.752. The number of aryl methyl sites for hydroxylation is 1. The lowest BCUT2D eigenvalue weighted by atomic mass is 10.2. The van der Waals surface area contributed by atoms with Gasteiger partial charge in [-0.05, 0) is 31.6 Å². The summed E-state index contributed by atoms with van der Waals surface area (Å²) in [6, 6.07) is 6.51. The van der Waals surface area contributed by atoms with Crippen molar-refractivity contribution in [1.29, 1.82) is 5.41 Å². The first-order chi connectivity index (χ1) is 11.3. The van der Waals surface area contributed by atoms with Gasteiger partial charge < -0.3 is 0 Å². The minimum atomic E-state index is -3.75. The van der Waals surface area contributed by atoms with E-state index in [1.54, 1.807) is 19.1 Å². The summed E-state index contributed by atoms with van der Waals surface area (Å²) in [5.74, 6) is -0.131. The number of sulfonamides is 1. The van der Waals surface area contributed by atoms with Crippen LogP contribution in [0.5, 0.6) is 0 Å². The molecule has 0 aliphatic carbocycles. The molecular weight excluding hydrogens is 344 g/mol. The Balaban J connectivity index is 0.000000952. The first-order valence-electron chi connectivity index (χ1n) is 7.98. The molecule has 0 saturated carbocycles. The molecule has 0 bridgehead atoms. The predicted molar refractivity (Wildman–Crippen MR) is 103 cm³/mol. The maximum atomic E-state index is 12.4. The van der Waals surface area contributed by atoms with E-state index in [1.807, 2.05) is 20.8 Å². The van der Waals surface area contributed by atoms with Gasteiger partial charge in [0.05, 0.1) is 4.90 Å². The third kappa shape index (κ3) is 5.21. The van der Waals surface area contributed by atoms with Gasteiger partial charge in [-0.15, -0.1) is 0 Å². The van der Waals surface area contributed by atoms with E-state index in [0.717, 1.165) is 9.87 Å². The van der Waals surface area contributed by atoms with E-state index in [0.29, 0.717) is 11.1 Å². The highest BCUT2D eigenvalue weighted by Crippen LogP contribution is 2.28. The summed E-state index contributed by atoms with van der Waals surface area (Å²) in [5.41, 5.74) is 3.26. The predicted octanol–water partition coefficient (Wildman–Crippen LogP) is 5.45. The van der Waals surface area contributed by atoms with Gasteiger partial charge in [-0.25, -0.2) is 12.7 Å². The fourth-order valence-corrected chi connectivity index (χ4v) is 3.38.